The highest BCUT2D eigenvalue weighted by molar-refractivity contribution is 5.85. The molecule has 0 saturated heterocycles. The van der Waals surface area contributed by atoms with Crippen molar-refractivity contribution in [3.05, 3.63) is 95.6 Å². The van der Waals surface area contributed by atoms with Gasteiger partial charge in [0.25, 0.3) is 0 Å². The second-order valence-corrected chi connectivity index (χ2v) is 7.73. The maximum atomic E-state index is 12.4. The van der Waals surface area contributed by atoms with Gasteiger partial charge in [0.2, 0.25) is 5.91 Å². The summed E-state index contributed by atoms with van der Waals surface area (Å²) in [6.07, 6.45) is 0.190. The molecule has 0 radical (unpaired) electrons. The fraction of sp³-hybridized carbons (Fsp3) is 0.231. The van der Waals surface area contributed by atoms with Gasteiger partial charge >= 0.3 is 6.09 Å². The van der Waals surface area contributed by atoms with Gasteiger partial charge in [-0.1, -0.05) is 78.9 Å². The van der Waals surface area contributed by atoms with Gasteiger partial charge in [-0.25, -0.2) is 4.79 Å². The van der Waals surface area contributed by atoms with Crippen LogP contribution in [0.4, 0.5) is 4.79 Å². The molecular weight excluding hydrogens is 388 g/mol. The smallest absolute Gasteiger partial charge is 0.408 e. The first-order chi connectivity index (χ1) is 15.1. The molecule has 3 aromatic carbocycles. The molecule has 4 rings (SSSR count). The minimum absolute atomic E-state index is 0.168. The molecule has 2 amide bonds. The number of hydrogen-bond acceptors (Lipinski definition) is 3. The lowest BCUT2D eigenvalue weighted by molar-refractivity contribution is -0.122. The third-order valence-electron chi connectivity index (χ3n) is 5.64. The molecule has 0 aromatic heterocycles. The van der Waals surface area contributed by atoms with Crippen LogP contribution in [0.1, 0.15) is 36.0 Å². The third kappa shape index (κ3) is 4.77. The van der Waals surface area contributed by atoms with Gasteiger partial charge in [-0.2, -0.15) is 0 Å². The summed E-state index contributed by atoms with van der Waals surface area (Å²) in [4.78, 5) is 24.4. The minimum atomic E-state index is -0.675. The maximum absolute atomic E-state index is 12.4. The van der Waals surface area contributed by atoms with Crippen LogP contribution in [-0.4, -0.2) is 24.6 Å². The van der Waals surface area contributed by atoms with Gasteiger partial charge in [0.15, 0.2) is 0 Å². The molecule has 5 heteroatoms. The Balaban J connectivity index is 1.27. The molecule has 1 aliphatic carbocycles. The van der Waals surface area contributed by atoms with Gasteiger partial charge in [0, 0.05) is 12.5 Å². The molecule has 158 valence electrons. The summed E-state index contributed by atoms with van der Waals surface area (Å²) in [6, 6.07) is 25.6. The predicted octanol–water partition coefficient (Wildman–Crippen LogP) is 4.62. The van der Waals surface area contributed by atoms with Crippen molar-refractivity contribution in [3.8, 4) is 11.1 Å². The van der Waals surface area contributed by atoms with Gasteiger partial charge in [0.1, 0.15) is 12.6 Å². The lowest BCUT2D eigenvalue weighted by Crippen LogP contribution is -2.45. The summed E-state index contributed by atoms with van der Waals surface area (Å²) in [6.45, 7) is 2.35. The average molecular weight is 415 g/mol. The van der Waals surface area contributed by atoms with Crippen molar-refractivity contribution < 1.29 is 14.3 Å². The van der Waals surface area contributed by atoms with E-state index in [0.29, 0.717) is 6.54 Å². The van der Waals surface area contributed by atoms with Crippen LogP contribution in [0.3, 0.4) is 0 Å². The van der Waals surface area contributed by atoms with Crippen LogP contribution in [0, 0.1) is 0 Å². The summed E-state index contributed by atoms with van der Waals surface area (Å²) in [5.74, 6) is 0.0306. The summed E-state index contributed by atoms with van der Waals surface area (Å²) < 4.78 is 5.18. The molecule has 3 aromatic rings. The molecule has 31 heavy (non-hydrogen) atoms. The standard InChI is InChI=1S/C26H26N2O3/c1-18(28-26(30)31-17-19-9-3-2-4-10-19)25(29)27-16-15-24-22-13-7-5-11-20(22)21-12-6-8-14-23(21)24/h2-14,18,24H,15-17H2,1H3,(H,27,29)(H,28,30)/t18-/m1/s1. The Bertz CT molecular complexity index is 1020. The van der Waals surface area contributed by atoms with E-state index in [2.05, 4.69) is 59.2 Å². The minimum Gasteiger partial charge on any atom is -0.445 e. The summed E-state index contributed by atoms with van der Waals surface area (Å²) in [7, 11) is 0. The van der Waals surface area contributed by atoms with Crippen LogP contribution < -0.4 is 10.6 Å². The highest BCUT2D eigenvalue weighted by Crippen LogP contribution is 2.45. The van der Waals surface area contributed by atoms with E-state index >= 15 is 0 Å². The largest absolute Gasteiger partial charge is 0.445 e. The molecule has 5 nitrogen and oxygen atoms in total. The van der Waals surface area contributed by atoms with Crippen molar-refractivity contribution in [1.29, 1.82) is 0 Å². The molecular formula is C26H26N2O3. The molecule has 1 atom stereocenters. The molecule has 0 unspecified atom stereocenters. The van der Waals surface area contributed by atoms with E-state index < -0.39 is 12.1 Å². The lowest BCUT2D eigenvalue weighted by atomic mass is 9.93. The number of nitrogens with one attached hydrogen (secondary N) is 2. The van der Waals surface area contributed by atoms with Crippen LogP contribution in [0.15, 0.2) is 78.9 Å². The Morgan fingerprint density at radius 2 is 1.45 bits per heavy atom. The van der Waals surface area contributed by atoms with E-state index in [0.717, 1.165) is 12.0 Å². The zero-order chi connectivity index (χ0) is 21.6. The highest BCUT2D eigenvalue weighted by Gasteiger charge is 2.27. The zero-order valence-electron chi connectivity index (χ0n) is 17.5. The molecule has 0 aliphatic heterocycles. The molecule has 0 fully saturated rings. The Morgan fingerprint density at radius 3 is 2.10 bits per heavy atom. The number of alkyl carbamates (subject to hydrolysis) is 1. The summed E-state index contributed by atoms with van der Waals surface area (Å²) in [5.41, 5.74) is 6.03. The molecule has 0 spiro atoms. The number of benzene rings is 3. The first kappa shape index (κ1) is 20.7. The van der Waals surface area contributed by atoms with E-state index in [1.165, 1.54) is 22.3 Å². The topological polar surface area (TPSA) is 67.4 Å². The van der Waals surface area contributed by atoms with E-state index in [1.54, 1.807) is 6.92 Å². The summed E-state index contributed by atoms with van der Waals surface area (Å²) in [5, 5.41) is 5.53. The van der Waals surface area contributed by atoms with Crippen molar-refractivity contribution in [1.82, 2.24) is 10.6 Å². The Kier molecular flexibility index (Phi) is 6.32. The van der Waals surface area contributed by atoms with Crippen LogP contribution in [0.25, 0.3) is 11.1 Å². The number of rotatable bonds is 7. The number of ether oxygens (including phenoxy) is 1. The Labute approximate surface area is 182 Å². The monoisotopic (exact) mass is 414 g/mol. The summed E-state index contributed by atoms with van der Waals surface area (Å²) >= 11 is 0. The SMILES string of the molecule is C[C@@H](NC(=O)OCc1ccccc1)C(=O)NCCC1c2ccccc2-c2ccccc21. The molecule has 2 N–H and O–H groups in total. The van der Waals surface area contributed by atoms with Gasteiger partial charge in [-0.15, -0.1) is 0 Å². The number of carbonyl (C=O) groups excluding carboxylic acids is 2. The molecule has 0 heterocycles. The number of fused-ring (bicyclic) bond motifs is 3. The predicted molar refractivity (Wildman–Crippen MR) is 121 cm³/mol. The van der Waals surface area contributed by atoms with Gasteiger partial charge in [-0.3, -0.25) is 4.79 Å². The highest BCUT2D eigenvalue weighted by atomic mass is 16.5. The van der Waals surface area contributed by atoms with Crippen molar-refractivity contribution in [2.45, 2.75) is 31.9 Å². The zero-order valence-corrected chi connectivity index (χ0v) is 17.5. The van der Waals surface area contributed by atoms with Crippen molar-refractivity contribution in [2.75, 3.05) is 6.54 Å². The average Bonchev–Trinajstić information content (AvgIpc) is 3.12. The maximum Gasteiger partial charge on any atom is 0.408 e. The van der Waals surface area contributed by atoms with Gasteiger partial charge < -0.3 is 15.4 Å². The van der Waals surface area contributed by atoms with Crippen LogP contribution in [-0.2, 0) is 16.1 Å². The van der Waals surface area contributed by atoms with E-state index in [4.69, 9.17) is 4.74 Å². The first-order valence-electron chi connectivity index (χ1n) is 10.6. The van der Waals surface area contributed by atoms with E-state index in [-0.39, 0.29) is 18.4 Å². The first-order valence-corrected chi connectivity index (χ1v) is 10.6. The Hall–Kier alpha value is -3.60. The van der Waals surface area contributed by atoms with Gasteiger partial charge in [-0.05, 0) is 41.2 Å². The number of carbonyl (C=O) groups is 2. The van der Waals surface area contributed by atoms with E-state index in [1.807, 2.05) is 30.3 Å². The third-order valence-corrected chi connectivity index (χ3v) is 5.64. The lowest BCUT2D eigenvalue weighted by Gasteiger charge is -2.17. The van der Waals surface area contributed by atoms with Crippen LogP contribution in [0.2, 0.25) is 0 Å². The second-order valence-electron chi connectivity index (χ2n) is 7.73. The van der Waals surface area contributed by atoms with Crippen molar-refractivity contribution in [3.63, 3.8) is 0 Å². The Morgan fingerprint density at radius 1 is 0.871 bits per heavy atom. The van der Waals surface area contributed by atoms with Crippen LogP contribution in [0.5, 0.6) is 0 Å². The number of hydrogen-bond donors (Lipinski definition) is 2. The fourth-order valence-electron chi connectivity index (χ4n) is 4.07. The molecule has 1 aliphatic rings. The molecule has 0 saturated carbocycles. The normalized spacial score (nSPS) is 13.1. The van der Waals surface area contributed by atoms with Crippen molar-refractivity contribution in [2.24, 2.45) is 0 Å². The fourth-order valence-corrected chi connectivity index (χ4v) is 4.07. The molecule has 0 bridgehead atoms. The van der Waals surface area contributed by atoms with Gasteiger partial charge in [0.05, 0.1) is 0 Å². The van der Waals surface area contributed by atoms with E-state index in [9.17, 15) is 9.59 Å². The second kappa shape index (κ2) is 9.47. The quantitative estimate of drug-likeness (QED) is 0.593. The van der Waals surface area contributed by atoms with Crippen molar-refractivity contribution >= 4 is 12.0 Å². The van der Waals surface area contributed by atoms with Crippen LogP contribution >= 0.6 is 0 Å². The number of amides is 2.